The fourth-order valence-corrected chi connectivity index (χ4v) is 0.867. The van der Waals surface area contributed by atoms with E-state index in [0.717, 1.165) is 0 Å². The van der Waals surface area contributed by atoms with Crippen LogP contribution in [0.3, 0.4) is 0 Å². The lowest BCUT2D eigenvalue weighted by molar-refractivity contribution is -0.114. The number of nitrogens with one attached hydrogen (secondary N) is 1. The molecule has 64 valence electrons. The summed E-state index contributed by atoms with van der Waals surface area (Å²) in [4.78, 5) is 21.3. The Morgan fingerprint density at radius 3 is 1.92 bits per heavy atom. The summed E-state index contributed by atoms with van der Waals surface area (Å²) >= 11 is 0. The molecule has 0 aromatic carbocycles. The highest BCUT2D eigenvalue weighted by atomic mass is 16.1. The highest BCUT2D eigenvalue weighted by Crippen LogP contribution is 2.12. The van der Waals surface area contributed by atoms with Crippen LogP contribution in [0, 0.1) is 0 Å². The zero-order valence-corrected chi connectivity index (χ0v) is 6.33. The molecule has 1 aliphatic heterocycles. The van der Waals surface area contributed by atoms with Crippen LogP contribution in [-0.2, 0) is 9.59 Å². The van der Waals surface area contributed by atoms with Crippen LogP contribution in [0.4, 0.5) is 0 Å². The van der Waals surface area contributed by atoms with E-state index in [4.69, 9.17) is 11.5 Å². The van der Waals surface area contributed by atoms with Crippen molar-refractivity contribution in [2.45, 2.75) is 6.42 Å². The topological polar surface area (TPSA) is 98.2 Å². The Morgan fingerprint density at radius 1 is 1.17 bits per heavy atom. The summed E-state index contributed by atoms with van der Waals surface area (Å²) in [6, 6.07) is 0. The molecule has 0 aromatic heterocycles. The predicted molar refractivity (Wildman–Crippen MR) is 42.3 cm³/mol. The molecular weight excluding hydrogens is 158 g/mol. The SMILES string of the molecule is NC(=O)C1=CNC=C(C(N)=O)C1. The molecule has 1 aliphatic rings. The van der Waals surface area contributed by atoms with Gasteiger partial charge >= 0.3 is 0 Å². The van der Waals surface area contributed by atoms with Gasteiger partial charge in [0.05, 0.1) is 0 Å². The predicted octanol–water partition coefficient (Wildman–Crippen LogP) is -1.28. The van der Waals surface area contributed by atoms with Crippen molar-refractivity contribution >= 4 is 11.8 Å². The van der Waals surface area contributed by atoms with E-state index in [0.29, 0.717) is 11.1 Å². The minimum Gasteiger partial charge on any atom is -0.367 e. The molecule has 1 heterocycles. The second kappa shape index (κ2) is 3.08. The Bertz CT molecular complexity index is 263. The average Bonchev–Trinajstić information content (AvgIpc) is 2.04. The largest absolute Gasteiger partial charge is 0.367 e. The molecule has 0 saturated heterocycles. The lowest BCUT2D eigenvalue weighted by Crippen LogP contribution is -2.24. The van der Waals surface area contributed by atoms with Crippen LogP contribution in [0.15, 0.2) is 23.5 Å². The Kier molecular flexibility index (Phi) is 2.14. The van der Waals surface area contributed by atoms with Gasteiger partial charge in [-0.1, -0.05) is 0 Å². The number of rotatable bonds is 2. The van der Waals surface area contributed by atoms with E-state index in [2.05, 4.69) is 5.32 Å². The average molecular weight is 167 g/mol. The van der Waals surface area contributed by atoms with Gasteiger partial charge in [-0.2, -0.15) is 0 Å². The molecule has 5 N–H and O–H groups in total. The Hall–Kier alpha value is -1.78. The lowest BCUT2D eigenvalue weighted by Gasteiger charge is -2.10. The zero-order chi connectivity index (χ0) is 9.14. The van der Waals surface area contributed by atoms with Gasteiger partial charge in [0.25, 0.3) is 0 Å². The zero-order valence-electron chi connectivity index (χ0n) is 6.33. The maximum atomic E-state index is 10.7. The van der Waals surface area contributed by atoms with Crippen LogP contribution in [0.2, 0.25) is 0 Å². The highest BCUT2D eigenvalue weighted by Gasteiger charge is 2.14. The normalized spacial score (nSPS) is 15.7. The molecule has 0 unspecified atom stereocenters. The number of nitrogens with two attached hydrogens (primary N) is 2. The second-order valence-electron chi connectivity index (χ2n) is 2.41. The third kappa shape index (κ3) is 1.63. The number of dihydropyridines is 1. The van der Waals surface area contributed by atoms with Gasteiger partial charge in [0.1, 0.15) is 0 Å². The van der Waals surface area contributed by atoms with E-state index in [1.165, 1.54) is 12.4 Å². The van der Waals surface area contributed by atoms with Crippen molar-refractivity contribution in [3.63, 3.8) is 0 Å². The van der Waals surface area contributed by atoms with E-state index >= 15 is 0 Å². The molecule has 0 fully saturated rings. The number of amides is 2. The summed E-state index contributed by atoms with van der Waals surface area (Å²) in [5, 5.41) is 2.62. The Labute approximate surface area is 69.1 Å². The first kappa shape index (κ1) is 8.32. The van der Waals surface area contributed by atoms with Crippen molar-refractivity contribution in [2.24, 2.45) is 11.5 Å². The summed E-state index contributed by atoms with van der Waals surface area (Å²) in [6.45, 7) is 0. The van der Waals surface area contributed by atoms with Crippen molar-refractivity contribution in [3.05, 3.63) is 23.5 Å². The van der Waals surface area contributed by atoms with E-state index in [-0.39, 0.29) is 6.42 Å². The number of hydrogen-bond acceptors (Lipinski definition) is 3. The lowest BCUT2D eigenvalue weighted by atomic mass is 10.0. The summed E-state index contributed by atoms with van der Waals surface area (Å²) in [7, 11) is 0. The van der Waals surface area contributed by atoms with Gasteiger partial charge < -0.3 is 16.8 Å². The molecule has 5 heteroatoms. The summed E-state index contributed by atoms with van der Waals surface area (Å²) in [6.07, 6.45) is 3.11. The molecule has 1 rings (SSSR count). The fourth-order valence-electron chi connectivity index (χ4n) is 0.867. The molecule has 5 nitrogen and oxygen atoms in total. The van der Waals surface area contributed by atoms with E-state index < -0.39 is 11.8 Å². The van der Waals surface area contributed by atoms with Gasteiger partial charge in [-0.3, -0.25) is 9.59 Å². The van der Waals surface area contributed by atoms with Crippen molar-refractivity contribution in [1.82, 2.24) is 5.32 Å². The molecule has 0 spiro atoms. The first-order valence-corrected chi connectivity index (χ1v) is 3.35. The maximum absolute atomic E-state index is 10.7. The molecule has 0 aliphatic carbocycles. The molecule has 0 saturated carbocycles. The van der Waals surface area contributed by atoms with Crippen LogP contribution in [-0.4, -0.2) is 11.8 Å². The van der Waals surface area contributed by atoms with Gasteiger partial charge in [0.2, 0.25) is 11.8 Å². The molecule has 0 radical (unpaired) electrons. The third-order valence-electron chi connectivity index (χ3n) is 1.53. The van der Waals surface area contributed by atoms with E-state index in [9.17, 15) is 9.59 Å². The first-order valence-electron chi connectivity index (χ1n) is 3.35. The first-order chi connectivity index (χ1) is 5.61. The fraction of sp³-hybridized carbons (Fsp3) is 0.143. The van der Waals surface area contributed by atoms with Crippen molar-refractivity contribution in [1.29, 1.82) is 0 Å². The van der Waals surface area contributed by atoms with Crippen LogP contribution >= 0.6 is 0 Å². The number of primary amides is 2. The van der Waals surface area contributed by atoms with Crippen molar-refractivity contribution in [3.8, 4) is 0 Å². The Balaban J connectivity index is 2.73. The molecule has 0 atom stereocenters. The second-order valence-corrected chi connectivity index (χ2v) is 2.41. The van der Waals surface area contributed by atoms with Gasteiger partial charge in [-0.05, 0) is 0 Å². The van der Waals surface area contributed by atoms with E-state index in [1.54, 1.807) is 0 Å². The number of carbonyl (C=O) groups excluding carboxylic acids is 2. The minimum absolute atomic E-state index is 0.206. The molecule has 12 heavy (non-hydrogen) atoms. The quantitative estimate of drug-likeness (QED) is 0.477. The van der Waals surface area contributed by atoms with E-state index in [1.807, 2.05) is 0 Å². The van der Waals surface area contributed by atoms with Crippen LogP contribution < -0.4 is 16.8 Å². The molecule has 0 bridgehead atoms. The number of hydrogen-bond donors (Lipinski definition) is 3. The van der Waals surface area contributed by atoms with Gasteiger partial charge in [-0.15, -0.1) is 0 Å². The van der Waals surface area contributed by atoms with Gasteiger partial charge in [0.15, 0.2) is 0 Å². The smallest absolute Gasteiger partial charge is 0.246 e. The monoisotopic (exact) mass is 167 g/mol. The summed E-state index contributed by atoms with van der Waals surface area (Å²) in [5.41, 5.74) is 10.7. The summed E-state index contributed by atoms with van der Waals surface area (Å²) in [5.74, 6) is -1.09. The summed E-state index contributed by atoms with van der Waals surface area (Å²) < 4.78 is 0. The van der Waals surface area contributed by atoms with Gasteiger partial charge in [0, 0.05) is 30.0 Å². The van der Waals surface area contributed by atoms with Crippen LogP contribution in [0.25, 0.3) is 0 Å². The Morgan fingerprint density at radius 2 is 1.58 bits per heavy atom. The molecule has 0 aromatic rings. The van der Waals surface area contributed by atoms with Gasteiger partial charge in [-0.25, -0.2) is 0 Å². The molecule has 2 amide bonds. The number of carbonyl (C=O) groups is 2. The van der Waals surface area contributed by atoms with Crippen LogP contribution in [0.1, 0.15) is 6.42 Å². The maximum Gasteiger partial charge on any atom is 0.246 e. The molecular formula is C7H9N3O2. The van der Waals surface area contributed by atoms with Crippen molar-refractivity contribution < 1.29 is 9.59 Å². The van der Waals surface area contributed by atoms with Crippen LogP contribution in [0.5, 0.6) is 0 Å². The standard InChI is InChI=1S/C7H9N3O2/c8-6(11)4-1-5(7(9)12)3-10-2-4/h2-3,10H,1H2,(H2,8,11)(H2,9,12). The highest BCUT2D eigenvalue weighted by molar-refractivity contribution is 5.98. The third-order valence-corrected chi connectivity index (χ3v) is 1.53. The minimum atomic E-state index is -0.547. The van der Waals surface area contributed by atoms with Crippen molar-refractivity contribution in [2.75, 3.05) is 0 Å².